The molecule has 1 aromatic heterocycles. The largest absolute Gasteiger partial charge is 0.468 e. The Bertz CT molecular complexity index is 1410. The summed E-state index contributed by atoms with van der Waals surface area (Å²) in [6.07, 6.45) is 1.50. The van der Waals surface area contributed by atoms with E-state index in [9.17, 15) is 14.9 Å². The number of halogens is 1. The quantitative estimate of drug-likeness (QED) is 0.357. The Morgan fingerprint density at radius 1 is 1.11 bits per heavy atom. The molecule has 0 fully saturated rings. The van der Waals surface area contributed by atoms with Gasteiger partial charge < -0.3 is 20.4 Å². The minimum absolute atomic E-state index is 0.0446. The number of rotatable bonds is 7. The lowest BCUT2D eigenvalue weighted by Crippen LogP contribution is -2.31. The molecule has 1 aliphatic heterocycles. The lowest BCUT2D eigenvalue weighted by Gasteiger charge is -2.28. The Kier molecular flexibility index (Phi) is 7.84. The second kappa shape index (κ2) is 11.2. The maximum atomic E-state index is 13.4. The Labute approximate surface area is 218 Å². The fourth-order valence-electron chi connectivity index (χ4n) is 3.87. The second-order valence-electron chi connectivity index (χ2n) is 8.08. The van der Waals surface area contributed by atoms with Gasteiger partial charge in [0.2, 0.25) is 5.91 Å². The number of dihydropyridines is 1. The van der Waals surface area contributed by atoms with Crippen molar-refractivity contribution in [3.63, 3.8) is 0 Å². The molecule has 0 radical (unpaired) electrons. The average molecular weight is 519 g/mol. The van der Waals surface area contributed by atoms with Gasteiger partial charge in [0.15, 0.2) is 0 Å². The number of furan rings is 1. The summed E-state index contributed by atoms with van der Waals surface area (Å²) in [7, 11) is 0. The molecule has 7 nitrogen and oxygen atoms in total. The molecule has 3 N–H and O–H groups in total. The predicted octanol–water partition coefficient (Wildman–Crippen LogP) is 5.95. The molecule has 1 unspecified atom stereocenters. The van der Waals surface area contributed by atoms with E-state index in [1.165, 1.54) is 18.0 Å². The number of hydrogen-bond donors (Lipinski definition) is 3. The highest BCUT2D eigenvalue weighted by molar-refractivity contribution is 8.03. The Balaban J connectivity index is 1.59. The number of nitrogens with zero attached hydrogens (tertiary/aromatic N) is 1. The number of anilines is 2. The third kappa shape index (κ3) is 5.65. The van der Waals surface area contributed by atoms with Crippen molar-refractivity contribution in [3.05, 3.63) is 105 Å². The number of thioether (sulfide) groups is 1. The second-order valence-corrected chi connectivity index (χ2v) is 9.50. The summed E-state index contributed by atoms with van der Waals surface area (Å²) in [4.78, 5) is 26.0. The van der Waals surface area contributed by atoms with Gasteiger partial charge in [-0.05, 0) is 55.8 Å². The molecule has 1 atom stereocenters. The van der Waals surface area contributed by atoms with Crippen LogP contribution >= 0.6 is 23.4 Å². The molecule has 182 valence electrons. The number of amides is 2. The number of nitrogens with one attached hydrogen (secondary N) is 3. The third-order valence-electron chi connectivity index (χ3n) is 5.57. The van der Waals surface area contributed by atoms with Crippen LogP contribution in [-0.2, 0) is 9.59 Å². The van der Waals surface area contributed by atoms with Crippen LogP contribution in [0.3, 0.4) is 0 Å². The highest BCUT2D eigenvalue weighted by Crippen LogP contribution is 2.41. The van der Waals surface area contributed by atoms with Gasteiger partial charge in [-0.25, -0.2) is 0 Å². The molecule has 4 rings (SSSR count). The van der Waals surface area contributed by atoms with Crippen molar-refractivity contribution in [1.82, 2.24) is 5.32 Å². The lowest BCUT2D eigenvalue weighted by molar-refractivity contribution is -0.114. The molecule has 9 heteroatoms. The molecule has 3 aromatic rings. The zero-order chi connectivity index (χ0) is 25.7. The molecule has 0 bridgehead atoms. The summed E-state index contributed by atoms with van der Waals surface area (Å²) in [5.74, 6) is -0.819. The Morgan fingerprint density at radius 2 is 1.92 bits per heavy atom. The summed E-state index contributed by atoms with van der Waals surface area (Å²) in [6, 6.07) is 20.0. The van der Waals surface area contributed by atoms with Crippen LogP contribution in [-0.4, -0.2) is 17.6 Å². The molecular weight excluding hydrogens is 496 g/mol. The van der Waals surface area contributed by atoms with Crippen LogP contribution in [0.5, 0.6) is 0 Å². The van der Waals surface area contributed by atoms with Crippen molar-refractivity contribution in [2.45, 2.75) is 19.8 Å². The maximum absolute atomic E-state index is 13.4. The first-order valence-corrected chi connectivity index (χ1v) is 12.4. The minimum Gasteiger partial charge on any atom is -0.468 e. The van der Waals surface area contributed by atoms with Gasteiger partial charge in [0.1, 0.15) is 5.76 Å². The molecule has 2 amide bonds. The summed E-state index contributed by atoms with van der Waals surface area (Å²) in [5.41, 5.74) is 3.42. The molecule has 0 saturated carbocycles. The maximum Gasteiger partial charge on any atom is 0.254 e. The van der Waals surface area contributed by atoms with Gasteiger partial charge in [-0.3, -0.25) is 9.59 Å². The van der Waals surface area contributed by atoms with E-state index in [0.29, 0.717) is 44.0 Å². The molecule has 0 saturated heterocycles. The van der Waals surface area contributed by atoms with E-state index >= 15 is 0 Å². The van der Waals surface area contributed by atoms with Crippen molar-refractivity contribution >= 4 is 46.6 Å². The first-order chi connectivity index (χ1) is 17.4. The molecule has 0 aliphatic carbocycles. The number of carbonyl (C=O) groups excluding carboxylic acids is 2. The molecule has 36 heavy (non-hydrogen) atoms. The van der Waals surface area contributed by atoms with Gasteiger partial charge >= 0.3 is 0 Å². The molecule has 2 heterocycles. The molecule has 2 aromatic carbocycles. The number of hydrogen-bond acceptors (Lipinski definition) is 6. The van der Waals surface area contributed by atoms with Crippen molar-refractivity contribution in [3.8, 4) is 6.07 Å². The Morgan fingerprint density at radius 3 is 2.61 bits per heavy atom. The molecule has 0 spiro atoms. The van der Waals surface area contributed by atoms with Crippen LogP contribution in [0.1, 0.15) is 24.2 Å². The monoisotopic (exact) mass is 518 g/mol. The number of carbonyl (C=O) groups is 2. The third-order valence-corrected chi connectivity index (χ3v) is 6.82. The van der Waals surface area contributed by atoms with Crippen LogP contribution in [0.4, 0.5) is 11.4 Å². The van der Waals surface area contributed by atoms with Crippen molar-refractivity contribution < 1.29 is 14.0 Å². The van der Waals surface area contributed by atoms with Crippen LogP contribution in [0.2, 0.25) is 5.02 Å². The standard InChI is InChI=1S/C27H23ClN4O3S/c1-16-7-3-4-10-21(16)32-26(34)24-17(2)30-27(20(14-29)25(24)22-11-6-12-35-22)36-15-23(33)31-19-9-5-8-18(28)13-19/h3-13,25,30H,15H2,1-2H3,(H,31,33)(H,32,34). The van der Waals surface area contributed by atoms with Gasteiger partial charge in [-0.2, -0.15) is 5.26 Å². The van der Waals surface area contributed by atoms with Crippen LogP contribution in [0, 0.1) is 18.3 Å². The predicted molar refractivity (Wildman–Crippen MR) is 142 cm³/mol. The fraction of sp³-hybridized carbons (Fsp3) is 0.148. The fourth-order valence-corrected chi connectivity index (χ4v) is 4.95. The zero-order valence-electron chi connectivity index (χ0n) is 19.6. The lowest BCUT2D eigenvalue weighted by atomic mass is 9.85. The Hall–Kier alpha value is -3.93. The van der Waals surface area contributed by atoms with Gasteiger partial charge in [-0.15, -0.1) is 0 Å². The minimum atomic E-state index is -0.728. The first-order valence-electron chi connectivity index (χ1n) is 11.1. The highest BCUT2D eigenvalue weighted by atomic mass is 35.5. The van der Waals surface area contributed by atoms with E-state index in [0.717, 1.165) is 5.56 Å². The smallest absolute Gasteiger partial charge is 0.254 e. The normalized spacial score (nSPS) is 15.2. The van der Waals surface area contributed by atoms with Crippen molar-refractivity contribution in [1.29, 1.82) is 5.26 Å². The molecular formula is C27H23ClN4O3S. The average Bonchev–Trinajstić information content (AvgIpc) is 3.38. The number of para-hydroxylation sites is 1. The van der Waals surface area contributed by atoms with Gasteiger partial charge in [0, 0.05) is 22.1 Å². The van der Waals surface area contributed by atoms with E-state index in [-0.39, 0.29) is 17.6 Å². The number of allylic oxidation sites excluding steroid dienone is 2. The zero-order valence-corrected chi connectivity index (χ0v) is 21.2. The van der Waals surface area contributed by atoms with Gasteiger partial charge in [0.25, 0.3) is 5.91 Å². The van der Waals surface area contributed by atoms with E-state index < -0.39 is 5.92 Å². The van der Waals surface area contributed by atoms with E-state index in [4.69, 9.17) is 16.0 Å². The summed E-state index contributed by atoms with van der Waals surface area (Å²) >= 11 is 7.17. The summed E-state index contributed by atoms with van der Waals surface area (Å²) in [5, 5.41) is 20.0. The van der Waals surface area contributed by atoms with Crippen LogP contribution < -0.4 is 16.0 Å². The topological polar surface area (TPSA) is 107 Å². The van der Waals surface area contributed by atoms with E-state index in [1.807, 2.05) is 31.2 Å². The van der Waals surface area contributed by atoms with Gasteiger partial charge in [-0.1, -0.05) is 47.6 Å². The first kappa shape index (κ1) is 25.2. The number of nitriles is 1. The van der Waals surface area contributed by atoms with Gasteiger partial charge in [0.05, 0.1) is 40.2 Å². The number of aryl methyl sites for hydroxylation is 1. The summed E-state index contributed by atoms with van der Waals surface area (Å²) < 4.78 is 5.64. The summed E-state index contributed by atoms with van der Waals surface area (Å²) in [6.45, 7) is 3.67. The van der Waals surface area contributed by atoms with Crippen molar-refractivity contribution in [2.75, 3.05) is 16.4 Å². The van der Waals surface area contributed by atoms with E-state index in [1.54, 1.807) is 43.3 Å². The van der Waals surface area contributed by atoms with Crippen LogP contribution in [0.25, 0.3) is 0 Å². The molecule has 1 aliphatic rings. The number of benzene rings is 2. The van der Waals surface area contributed by atoms with E-state index in [2.05, 4.69) is 22.0 Å². The van der Waals surface area contributed by atoms with Crippen LogP contribution in [0.15, 0.2) is 93.2 Å². The highest BCUT2D eigenvalue weighted by Gasteiger charge is 2.36. The van der Waals surface area contributed by atoms with Crippen molar-refractivity contribution in [2.24, 2.45) is 0 Å². The SMILES string of the molecule is CC1=C(C(=O)Nc2ccccc2C)C(c2ccco2)C(C#N)=C(SCC(=O)Nc2cccc(Cl)c2)N1.